The minimum Gasteiger partial charge on any atom is -0.479 e. The minimum absolute atomic E-state index is 0.186. The van der Waals surface area contributed by atoms with E-state index < -0.39 is 12.0 Å². The first-order valence-electron chi connectivity index (χ1n) is 5.95. The van der Waals surface area contributed by atoms with Crippen molar-refractivity contribution in [3.63, 3.8) is 0 Å². The topological polar surface area (TPSA) is 83.6 Å². The van der Waals surface area contributed by atoms with Crippen LogP contribution < -0.4 is 5.73 Å². The Labute approximate surface area is 105 Å². The summed E-state index contributed by atoms with van der Waals surface area (Å²) in [6.45, 7) is 0.677. The Morgan fingerprint density at radius 2 is 2.11 bits per heavy atom. The zero-order valence-electron chi connectivity index (χ0n) is 10.0. The summed E-state index contributed by atoms with van der Waals surface area (Å²) in [5.41, 5.74) is 7.07. The van der Waals surface area contributed by atoms with E-state index >= 15 is 0 Å². The molecule has 5 nitrogen and oxygen atoms in total. The molecule has 0 spiro atoms. The standard InChI is InChI=1S/C13H16N2O3/c14-7-5-11(16)15-8-6-9-3-1-2-4-10(9)12(15)13(17)18/h1-4,12H,5-8,14H2,(H,17,18). The molecule has 1 aromatic rings. The van der Waals surface area contributed by atoms with Crippen LogP contribution in [-0.4, -0.2) is 35.0 Å². The van der Waals surface area contributed by atoms with Gasteiger partial charge in [-0.25, -0.2) is 4.79 Å². The highest BCUT2D eigenvalue weighted by molar-refractivity contribution is 5.85. The summed E-state index contributed by atoms with van der Waals surface area (Å²) < 4.78 is 0. The van der Waals surface area contributed by atoms with E-state index in [9.17, 15) is 14.7 Å². The van der Waals surface area contributed by atoms with Crippen LogP contribution in [0, 0.1) is 0 Å². The van der Waals surface area contributed by atoms with Gasteiger partial charge in [0.25, 0.3) is 0 Å². The van der Waals surface area contributed by atoms with Gasteiger partial charge in [-0.2, -0.15) is 0 Å². The van der Waals surface area contributed by atoms with Crippen LogP contribution in [0.1, 0.15) is 23.6 Å². The lowest BCUT2D eigenvalue weighted by Gasteiger charge is -2.34. The van der Waals surface area contributed by atoms with Crippen LogP contribution in [0.3, 0.4) is 0 Å². The summed E-state index contributed by atoms with van der Waals surface area (Å²) in [5, 5.41) is 9.35. The summed E-state index contributed by atoms with van der Waals surface area (Å²) in [6, 6.07) is 6.49. The maximum atomic E-state index is 11.9. The molecule has 0 radical (unpaired) electrons. The molecule has 1 atom stereocenters. The van der Waals surface area contributed by atoms with E-state index in [1.54, 1.807) is 12.1 Å². The molecule has 0 aliphatic carbocycles. The highest BCUT2D eigenvalue weighted by Gasteiger charge is 2.35. The fourth-order valence-corrected chi connectivity index (χ4v) is 2.37. The molecule has 1 aliphatic heterocycles. The molecule has 3 N–H and O–H groups in total. The van der Waals surface area contributed by atoms with Gasteiger partial charge in [0.15, 0.2) is 6.04 Å². The number of nitrogens with two attached hydrogens (primary N) is 1. The molecule has 1 heterocycles. The number of aliphatic carboxylic acids is 1. The van der Waals surface area contributed by atoms with Crippen molar-refractivity contribution < 1.29 is 14.7 Å². The summed E-state index contributed by atoms with van der Waals surface area (Å²) in [5.74, 6) is -1.19. The number of nitrogens with zero attached hydrogens (tertiary/aromatic N) is 1. The van der Waals surface area contributed by atoms with Crippen LogP contribution in [0.4, 0.5) is 0 Å². The van der Waals surface area contributed by atoms with Gasteiger partial charge in [0.1, 0.15) is 0 Å². The molecule has 5 heteroatoms. The van der Waals surface area contributed by atoms with E-state index in [4.69, 9.17) is 5.73 Å². The SMILES string of the molecule is NCCC(=O)N1CCc2ccccc2C1C(=O)O. The lowest BCUT2D eigenvalue weighted by Crippen LogP contribution is -2.44. The summed E-state index contributed by atoms with van der Waals surface area (Å²) in [6.07, 6.45) is 0.877. The van der Waals surface area contributed by atoms with Crippen molar-refractivity contribution in [3.05, 3.63) is 35.4 Å². The Morgan fingerprint density at radius 3 is 2.78 bits per heavy atom. The third-order valence-electron chi connectivity index (χ3n) is 3.20. The van der Waals surface area contributed by atoms with E-state index in [0.29, 0.717) is 18.5 Å². The van der Waals surface area contributed by atoms with E-state index in [2.05, 4.69) is 0 Å². The Balaban J connectivity index is 2.35. The number of benzene rings is 1. The third-order valence-corrected chi connectivity index (χ3v) is 3.20. The van der Waals surface area contributed by atoms with Gasteiger partial charge in [0, 0.05) is 19.5 Å². The molecule has 0 bridgehead atoms. The normalized spacial score (nSPS) is 18.3. The Hall–Kier alpha value is -1.88. The first kappa shape index (κ1) is 12.6. The number of hydrogen-bond donors (Lipinski definition) is 2. The van der Waals surface area contributed by atoms with Crippen LogP contribution in [0.25, 0.3) is 0 Å². The fourth-order valence-electron chi connectivity index (χ4n) is 2.37. The quantitative estimate of drug-likeness (QED) is 0.818. The first-order valence-corrected chi connectivity index (χ1v) is 5.95. The van der Waals surface area contributed by atoms with Gasteiger partial charge in [-0.1, -0.05) is 24.3 Å². The van der Waals surface area contributed by atoms with E-state index in [-0.39, 0.29) is 18.9 Å². The average Bonchev–Trinajstić information content (AvgIpc) is 2.37. The van der Waals surface area contributed by atoms with E-state index in [1.807, 2.05) is 12.1 Å². The maximum Gasteiger partial charge on any atom is 0.331 e. The van der Waals surface area contributed by atoms with Crippen molar-refractivity contribution in [2.24, 2.45) is 5.73 Å². The Kier molecular flexibility index (Phi) is 3.62. The molecule has 96 valence electrons. The molecule has 0 fully saturated rings. The second-order valence-electron chi connectivity index (χ2n) is 4.32. The third kappa shape index (κ3) is 2.22. The summed E-state index contributed by atoms with van der Waals surface area (Å²) in [7, 11) is 0. The van der Waals surface area contributed by atoms with Gasteiger partial charge in [-0.05, 0) is 17.5 Å². The fraction of sp³-hybridized carbons (Fsp3) is 0.385. The van der Waals surface area contributed by atoms with Crippen LogP contribution in [0.2, 0.25) is 0 Å². The molecule has 2 rings (SSSR count). The monoisotopic (exact) mass is 248 g/mol. The van der Waals surface area contributed by atoms with Crippen molar-refractivity contribution in [1.29, 1.82) is 0 Å². The van der Waals surface area contributed by atoms with Gasteiger partial charge >= 0.3 is 5.97 Å². The van der Waals surface area contributed by atoms with Crippen molar-refractivity contribution in [2.45, 2.75) is 18.9 Å². The number of carbonyl (C=O) groups excluding carboxylic acids is 1. The summed E-state index contributed by atoms with van der Waals surface area (Å²) >= 11 is 0. The molecule has 0 aromatic heterocycles. The van der Waals surface area contributed by atoms with Gasteiger partial charge in [-0.3, -0.25) is 4.79 Å². The zero-order valence-corrected chi connectivity index (χ0v) is 10.0. The Morgan fingerprint density at radius 1 is 1.39 bits per heavy atom. The molecule has 0 saturated carbocycles. The van der Waals surface area contributed by atoms with Crippen LogP contribution in [0.15, 0.2) is 24.3 Å². The van der Waals surface area contributed by atoms with Crippen molar-refractivity contribution >= 4 is 11.9 Å². The molecule has 1 amide bonds. The lowest BCUT2D eigenvalue weighted by atomic mass is 9.92. The van der Waals surface area contributed by atoms with Crippen LogP contribution in [0.5, 0.6) is 0 Å². The largest absolute Gasteiger partial charge is 0.479 e. The lowest BCUT2D eigenvalue weighted by molar-refractivity contribution is -0.151. The number of carbonyl (C=O) groups is 2. The van der Waals surface area contributed by atoms with E-state index in [0.717, 1.165) is 5.56 Å². The number of fused-ring (bicyclic) bond motifs is 1. The predicted octanol–water partition coefficient (Wildman–Crippen LogP) is 0.546. The van der Waals surface area contributed by atoms with Gasteiger partial charge < -0.3 is 15.7 Å². The van der Waals surface area contributed by atoms with Gasteiger partial charge in [0.05, 0.1) is 0 Å². The van der Waals surface area contributed by atoms with Gasteiger partial charge in [-0.15, -0.1) is 0 Å². The maximum absolute atomic E-state index is 11.9. The molecule has 0 saturated heterocycles. The average molecular weight is 248 g/mol. The Bertz CT molecular complexity index is 473. The second kappa shape index (κ2) is 5.18. The van der Waals surface area contributed by atoms with E-state index in [1.165, 1.54) is 4.90 Å². The smallest absolute Gasteiger partial charge is 0.331 e. The predicted molar refractivity (Wildman–Crippen MR) is 65.9 cm³/mol. The van der Waals surface area contributed by atoms with Crippen LogP contribution >= 0.6 is 0 Å². The highest BCUT2D eigenvalue weighted by Crippen LogP contribution is 2.30. The number of carboxylic acid groups (broad SMARTS) is 1. The molecule has 1 aliphatic rings. The summed E-state index contributed by atoms with van der Waals surface area (Å²) in [4.78, 5) is 24.7. The van der Waals surface area contributed by atoms with Gasteiger partial charge in [0.2, 0.25) is 5.91 Å². The zero-order chi connectivity index (χ0) is 13.1. The molecule has 1 unspecified atom stereocenters. The molecular weight excluding hydrogens is 232 g/mol. The molecule has 1 aromatic carbocycles. The molecule has 18 heavy (non-hydrogen) atoms. The number of amides is 1. The number of carboxylic acids is 1. The van der Waals surface area contributed by atoms with Crippen molar-refractivity contribution in [2.75, 3.05) is 13.1 Å². The van der Waals surface area contributed by atoms with Crippen molar-refractivity contribution in [1.82, 2.24) is 4.90 Å². The van der Waals surface area contributed by atoms with Crippen LogP contribution in [-0.2, 0) is 16.0 Å². The number of rotatable bonds is 3. The highest BCUT2D eigenvalue weighted by atomic mass is 16.4. The first-order chi connectivity index (χ1) is 8.65. The second-order valence-corrected chi connectivity index (χ2v) is 4.32. The molecular formula is C13H16N2O3. The number of hydrogen-bond acceptors (Lipinski definition) is 3. The minimum atomic E-state index is -0.993. The van der Waals surface area contributed by atoms with Crippen molar-refractivity contribution in [3.8, 4) is 0 Å².